The standard InChI is InChI=1S/C25H24N2O3/c28-24-23(22(26-24)18-30-17-20-12-6-2-7-13-20)25(29)27(21-14-8-3-9-15-21)16-19-10-4-1-5-11-19/h1-15,22-23H,16-18H2,(H,26,28)/t22-,23-/m0/s1. The summed E-state index contributed by atoms with van der Waals surface area (Å²) in [5.74, 6) is -1.20. The van der Waals surface area contributed by atoms with Crippen molar-refractivity contribution in [3.8, 4) is 0 Å². The molecule has 1 heterocycles. The summed E-state index contributed by atoms with van der Waals surface area (Å²) >= 11 is 0. The van der Waals surface area contributed by atoms with Crippen molar-refractivity contribution in [3.63, 3.8) is 0 Å². The normalized spacial score (nSPS) is 17.7. The molecule has 3 aromatic rings. The van der Waals surface area contributed by atoms with Crippen LogP contribution in [0.15, 0.2) is 91.0 Å². The Hall–Kier alpha value is -3.44. The number of carbonyl (C=O) groups is 2. The van der Waals surface area contributed by atoms with Crippen LogP contribution < -0.4 is 10.2 Å². The molecule has 2 amide bonds. The van der Waals surface area contributed by atoms with Crippen molar-refractivity contribution in [1.29, 1.82) is 0 Å². The number of nitrogens with one attached hydrogen (secondary N) is 1. The second-order valence-corrected chi connectivity index (χ2v) is 7.34. The number of benzene rings is 3. The highest BCUT2D eigenvalue weighted by molar-refractivity contribution is 6.11. The van der Waals surface area contributed by atoms with Gasteiger partial charge in [-0.05, 0) is 23.3 Å². The lowest BCUT2D eigenvalue weighted by Crippen LogP contribution is -2.65. The molecule has 2 atom stereocenters. The first kappa shape index (κ1) is 19.9. The predicted molar refractivity (Wildman–Crippen MR) is 116 cm³/mol. The zero-order valence-electron chi connectivity index (χ0n) is 16.6. The number of anilines is 1. The molecule has 0 saturated carbocycles. The smallest absolute Gasteiger partial charge is 0.242 e. The van der Waals surface area contributed by atoms with Gasteiger partial charge in [0.05, 0.1) is 25.8 Å². The molecule has 30 heavy (non-hydrogen) atoms. The minimum Gasteiger partial charge on any atom is -0.375 e. The quantitative estimate of drug-likeness (QED) is 0.465. The van der Waals surface area contributed by atoms with Crippen molar-refractivity contribution in [3.05, 3.63) is 102 Å². The van der Waals surface area contributed by atoms with E-state index in [4.69, 9.17) is 4.74 Å². The summed E-state index contributed by atoms with van der Waals surface area (Å²) in [5, 5.41) is 2.82. The van der Waals surface area contributed by atoms with Crippen LogP contribution in [0.3, 0.4) is 0 Å². The monoisotopic (exact) mass is 400 g/mol. The van der Waals surface area contributed by atoms with E-state index >= 15 is 0 Å². The molecular weight excluding hydrogens is 376 g/mol. The second kappa shape index (κ2) is 9.37. The van der Waals surface area contributed by atoms with Gasteiger partial charge in [0.1, 0.15) is 5.92 Å². The van der Waals surface area contributed by atoms with Gasteiger partial charge < -0.3 is 15.0 Å². The van der Waals surface area contributed by atoms with Gasteiger partial charge in [0.15, 0.2) is 0 Å². The highest BCUT2D eigenvalue weighted by Crippen LogP contribution is 2.25. The van der Waals surface area contributed by atoms with Crippen molar-refractivity contribution < 1.29 is 14.3 Å². The average Bonchev–Trinajstić information content (AvgIpc) is 2.78. The van der Waals surface area contributed by atoms with E-state index < -0.39 is 5.92 Å². The fourth-order valence-corrected chi connectivity index (χ4v) is 3.58. The number of hydrogen-bond acceptors (Lipinski definition) is 3. The molecule has 1 saturated heterocycles. The van der Waals surface area contributed by atoms with Gasteiger partial charge in [-0.1, -0.05) is 78.9 Å². The van der Waals surface area contributed by atoms with Crippen LogP contribution in [0.2, 0.25) is 0 Å². The maximum absolute atomic E-state index is 13.4. The number of amides is 2. The van der Waals surface area contributed by atoms with Crippen LogP contribution in [-0.4, -0.2) is 24.5 Å². The largest absolute Gasteiger partial charge is 0.375 e. The van der Waals surface area contributed by atoms with Crippen LogP contribution in [0.1, 0.15) is 11.1 Å². The van der Waals surface area contributed by atoms with E-state index in [0.29, 0.717) is 19.8 Å². The van der Waals surface area contributed by atoms with Crippen LogP contribution in [0.4, 0.5) is 5.69 Å². The van der Waals surface area contributed by atoms with Crippen LogP contribution in [-0.2, 0) is 27.5 Å². The lowest BCUT2D eigenvalue weighted by molar-refractivity contribution is -0.145. The number of rotatable bonds is 8. The van der Waals surface area contributed by atoms with Crippen LogP contribution in [0, 0.1) is 5.92 Å². The van der Waals surface area contributed by atoms with E-state index in [1.165, 1.54) is 0 Å². The molecule has 0 bridgehead atoms. The molecule has 0 spiro atoms. The Morgan fingerprint density at radius 3 is 2.00 bits per heavy atom. The summed E-state index contributed by atoms with van der Waals surface area (Å²) in [6.45, 7) is 1.15. The third-order valence-electron chi connectivity index (χ3n) is 5.20. The molecule has 0 unspecified atom stereocenters. The summed E-state index contributed by atoms with van der Waals surface area (Å²) in [6.07, 6.45) is 0. The highest BCUT2D eigenvalue weighted by Gasteiger charge is 2.46. The van der Waals surface area contributed by atoms with E-state index in [9.17, 15) is 9.59 Å². The van der Waals surface area contributed by atoms with Gasteiger partial charge in [-0.25, -0.2) is 0 Å². The molecule has 1 fully saturated rings. The molecule has 5 heteroatoms. The lowest BCUT2D eigenvalue weighted by atomic mass is 9.89. The zero-order valence-corrected chi connectivity index (χ0v) is 16.6. The van der Waals surface area contributed by atoms with Crippen molar-refractivity contribution in [1.82, 2.24) is 5.32 Å². The topological polar surface area (TPSA) is 58.6 Å². The summed E-state index contributed by atoms with van der Waals surface area (Å²) in [7, 11) is 0. The highest BCUT2D eigenvalue weighted by atomic mass is 16.5. The molecular formula is C25H24N2O3. The fraction of sp³-hybridized carbons (Fsp3) is 0.200. The van der Waals surface area contributed by atoms with E-state index in [1.807, 2.05) is 91.0 Å². The number of β-lactam (4-membered cyclic amide) rings is 1. The molecule has 5 nitrogen and oxygen atoms in total. The third-order valence-corrected chi connectivity index (χ3v) is 5.20. The SMILES string of the molecule is O=C1N[C@@H](COCc2ccccc2)[C@@H]1C(=O)N(Cc1ccccc1)c1ccccc1. The van der Waals surface area contributed by atoms with Gasteiger partial charge in [-0.3, -0.25) is 9.59 Å². The Bertz CT molecular complexity index is 977. The van der Waals surface area contributed by atoms with E-state index in [-0.39, 0.29) is 17.9 Å². The molecule has 1 aliphatic heterocycles. The lowest BCUT2D eigenvalue weighted by Gasteiger charge is -2.38. The van der Waals surface area contributed by atoms with Crippen LogP contribution >= 0.6 is 0 Å². The average molecular weight is 400 g/mol. The summed E-state index contributed by atoms with van der Waals surface area (Å²) in [4.78, 5) is 27.4. The van der Waals surface area contributed by atoms with E-state index in [2.05, 4.69) is 5.32 Å². The molecule has 4 rings (SSSR count). The second-order valence-electron chi connectivity index (χ2n) is 7.34. The number of para-hydroxylation sites is 1. The Balaban J connectivity index is 1.46. The molecule has 0 aliphatic carbocycles. The predicted octanol–water partition coefficient (Wildman–Crippen LogP) is 3.55. The van der Waals surface area contributed by atoms with E-state index in [1.54, 1.807) is 4.90 Å². The minimum atomic E-state index is -0.746. The van der Waals surface area contributed by atoms with Crippen molar-refractivity contribution >= 4 is 17.5 Å². The molecule has 152 valence electrons. The summed E-state index contributed by atoms with van der Waals surface area (Å²) in [5.41, 5.74) is 2.84. The zero-order chi connectivity index (χ0) is 20.8. The van der Waals surface area contributed by atoms with E-state index in [0.717, 1.165) is 16.8 Å². The summed E-state index contributed by atoms with van der Waals surface area (Å²) < 4.78 is 5.77. The van der Waals surface area contributed by atoms with Gasteiger partial charge in [0.25, 0.3) is 0 Å². The van der Waals surface area contributed by atoms with Crippen molar-refractivity contribution in [2.45, 2.75) is 19.2 Å². The van der Waals surface area contributed by atoms with Crippen molar-refractivity contribution in [2.24, 2.45) is 5.92 Å². The minimum absolute atomic E-state index is 0.206. The number of carbonyl (C=O) groups excluding carboxylic acids is 2. The first-order valence-electron chi connectivity index (χ1n) is 10.0. The molecule has 1 aliphatic rings. The Kier molecular flexibility index (Phi) is 6.20. The number of nitrogens with zero attached hydrogens (tertiary/aromatic N) is 1. The fourth-order valence-electron chi connectivity index (χ4n) is 3.58. The van der Waals surface area contributed by atoms with Gasteiger partial charge in [0.2, 0.25) is 11.8 Å². The van der Waals surface area contributed by atoms with Gasteiger partial charge >= 0.3 is 0 Å². The first-order valence-corrected chi connectivity index (χ1v) is 10.0. The molecule has 3 aromatic carbocycles. The number of hydrogen-bond donors (Lipinski definition) is 1. The molecule has 1 N–H and O–H groups in total. The Labute approximate surface area is 176 Å². The first-order chi connectivity index (χ1) is 14.7. The van der Waals surface area contributed by atoms with Gasteiger partial charge in [-0.15, -0.1) is 0 Å². The maximum atomic E-state index is 13.4. The van der Waals surface area contributed by atoms with Crippen molar-refractivity contribution in [2.75, 3.05) is 11.5 Å². The van der Waals surface area contributed by atoms with Gasteiger partial charge in [-0.2, -0.15) is 0 Å². The molecule has 0 aromatic heterocycles. The van der Waals surface area contributed by atoms with Gasteiger partial charge in [0, 0.05) is 5.69 Å². The Morgan fingerprint density at radius 2 is 1.40 bits per heavy atom. The molecule has 0 radical (unpaired) electrons. The number of ether oxygens (including phenoxy) is 1. The van der Waals surface area contributed by atoms with Crippen LogP contribution in [0.25, 0.3) is 0 Å². The Morgan fingerprint density at radius 1 is 0.833 bits per heavy atom. The third kappa shape index (κ3) is 4.58. The van der Waals surface area contributed by atoms with Crippen LogP contribution in [0.5, 0.6) is 0 Å². The maximum Gasteiger partial charge on any atom is 0.242 e. The summed E-state index contributed by atoms with van der Waals surface area (Å²) in [6, 6.07) is 28.8.